The van der Waals surface area contributed by atoms with Crippen LogP contribution in [0.3, 0.4) is 0 Å². The van der Waals surface area contributed by atoms with Gasteiger partial charge in [0, 0.05) is 38.4 Å². The molecule has 0 atom stereocenters. The Morgan fingerprint density at radius 1 is 1.08 bits per heavy atom. The number of carbonyl (C=O) groups is 1. The van der Waals surface area contributed by atoms with Crippen molar-refractivity contribution in [1.82, 2.24) is 19.4 Å². The third-order valence-electron chi connectivity index (χ3n) is 4.15. The maximum absolute atomic E-state index is 12.7. The summed E-state index contributed by atoms with van der Waals surface area (Å²) in [5.41, 5.74) is 2.70. The quantitative estimate of drug-likeness (QED) is 0.719. The number of hydrogen-bond donors (Lipinski definition) is 1. The van der Waals surface area contributed by atoms with Gasteiger partial charge in [-0.2, -0.15) is 0 Å². The number of imidazole rings is 1. The zero-order valence-corrected chi connectivity index (χ0v) is 14.3. The second kappa shape index (κ2) is 7.79. The van der Waals surface area contributed by atoms with Crippen LogP contribution in [-0.2, 0) is 24.4 Å². The zero-order chi connectivity index (χ0) is 17.6. The highest BCUT2D eigenvalue weighted by molar-refractivity contribution is 5.78. The van der Waals surface area contributed by atoms with E-state index >= 15 is 0 Å². The van der Waals surface area contributed by atoms with Crippen LogP contribution in [0.25, 0.3) is 11.0 Å². The summed E-state index contributed by atoms with van der Waals surface area (Å²) in [7, 11) is 0. The van der Waals surface area contributed by atoms with Gasteiger partial charge in [-0.3, -0.25) is 18.9 Å². The minimum Gasteiger partial charge on any atom is -0.352 e. The van der Waals surface area contributed by atoms with Crippen LogP contribution in [0, 0.1) is 0 Å². The number of aromatic nitrogens is 3. The maximum Gasteiger partial charge on any atom is 0.329 e. The summed E-state index contributed by atoms with van der Waals surface area (Å²) in [6.45, 7) is 3.54. The molecule has 25 heavy (non-hydrogen) atoms. The molecule has 0 unspecified atom stereocenters. The molecule has 0 radical (unpaired) electrons. The molecule has 130 valence electrons. The van der Waals surface area contributed by atoms with Gasteiger partial charge in [0.1, 0.15) is 0 Å². The van der Waals surface area contributed by atoms with Gasteiger partial charge in [0.25, 0.3) is 0 Å². The second-order valence-electron chi connectivity index (χ2n) is 5.96. The molecule has 3 aromatic rings. The Labute approximate surface area is 146 Å². The molecule has 1 N–H and O–H groups in total. The first-order chi connectivity index (χ1) is 12.2. The van der Waals surface area contributed by atoms with Crippen LogP contribution < -0.4 is 11.0 Å². The molecule has 1 amide bonds. The number of amides is 1. The van der Waals surface area contributed by atoms with E-state index in [2.05, 4.69) is 10.3 Å². The van der Waals surface area contributed by atoms with E-state index in [1.807, 2.05) is 43.3 Å². The van der Waals surface area contributed by atoms with E-state index in [1.165, 1.54) is 0 Å². The fourth-order valence-electron chi connectivity index (χ4n) is 2.93. The number of para-hydroxylation sites is 2. The molecule has 3 rings (SSSR count). The van der Waals surface area contributed by atoms with Crippen LogP contribution in [0.15, 0.2) is 53.6 Å². The SMILES string of the molecule is CCCn1c(=O)n(CCC(=O)NCc2cccnc2)c2ccccc21. The molecule has 2 heterocycles. The number of carbonyl (C=O) groups excluding carboxylic acids is 1. The molecule has 0 aliphatic carbocycles. The third-order valence-corrected chi connectivity index (χ3v) is 4.15. The van der Waals surface area contributed by atoms with Crippen molar-refractivity contribution < 1.29 is 4.79 Å². The lowest BCUT2D eigenvalue weighted by Gasteiger charge is -2.06. The monoisotopic (exact) mass is 338 g/mol. The van der Waals surface area contributed by atoms with Crippen LogP contribution in [0.4, 0.5) is 0 Å². The predicted octanol–water partition coefficient (Wildman–Crippen LogP) is 2.31. The molecule has 0 aliphatic rings. The van der Waals surface area contributed by atoms with Gasteiger partial charge in [-0.15, -0.1) is 0 Å². The smallest absolute Gasteiger partial charge is 0.329 e. The fourth-order valence-corrected chi connectivity index (χ4v) is 2.93. The summed E-state index contributed by atoms with van der Waals surface area (Å²) in [6, 6.07) is 11.5. The van der Waals surface area contributed by atoms with Gasteiger partial charge in [-0.05, 0) is 30.2 Å². The summed E-state index contributed by atoms with van der Waals surface area (Å²) in [4.78, 5) is 28.8. The number of nitrogens with zero attached hydrogens (tertiary/aromatic N) is 3. The number of aryl methyl sites for hydroxylation is 2. The standard InChI is InChI=1S/C19H22N4O2/c1-2-11-22-16-7-3-4-8-17(16)23(19(22)25)12-9-18(24)21-14-15-6-5-10-20-13-15/h3-8,10,13H,2,9,11-12,14H2,1H3,(H,21,24). The maximum atomic E-state index is 12.7. The third kappa shape index (κ3) is 3.79. The van der Waals surface area contributed by atoms with Crippen molar-refractivity contribution in [3.8, 4) is 0 Å². The average Bonchev–Trinajstić information content (AvgIpc) is 2.91. The van der Waals surface area contributed by atoms with E-state index in [9.17, 15) is 9.59 Å². The molecule has 0 fully saturated rings. The van der Waals surface area contributed by atoms with E-state index in [0.29, 0.717) is 19.6 Å². The van der Waals surface area contributed by atoms with Crippen molar-refractivity contribution in [2.45, 2.75) is 39.4 Å². The number of nitrogens with one attached hydrogen (secondary N) is 1. The van der Waals surface area contributed by atoms with E-state index in [1.54, 1.807) is 21.5 Å². The predicted molar refractivity (Wildman–Crippen MR) is 97.2 cm³/mol. The molecular formula is C19H22N4O2. The Morgan fingerprint density at radius 2 is 1.80 bits per heavy atom. The van der Waals surface area contributed by atoms with Gasteiger partial charge in [-0.1, -0.05) is 25.1 Å². The molecule has 1 aromatic carbocycles. The summed E-state index contributed by atoms with van der Waals surface area (Å²) in [5.74, 6) is -0.0805. The van der Waals surface area contributed by atoms with Crippen molar-refractivity contribution in [2.24, 2.45) is 0 Å². The fraction of sp³-hybridized carbons (Fsp3) is 0.316. The lowest BCUT2D eigenvalue weighted by Crippen LogP contribution is -2.28. The van der Waals surface area contributed by atoms with Gasteiger partial charge in [0.2, 0.25) is 5.91 Å². The Hall–Kier alpha value is -2.89. The molecule has 2 aromatic heterocycles. The molecule has 0 aliphatic heterocycles. The second-order valence-corrected chi connectivity index (χ2v) is 5.96. The number of pyridine rings is 1. The van der Waals surface area contributed by atoms with Gasteiger partial charge < -0.3 is 5.32 Å². The Morgan fingerprint density at radius 3 is 2.44 bits per heavy atom. The first kappa shape index (κ1) is 17.0. The highest BCUT2D eigenvalue weighted by atomic mass is 16.2. The van der Waals surface area contributed by atoms with Crippen LogP contribution in [0.1, 0.15) is 25.3 Å². The molecule has 6 nitrogen and oxygen atoms in total. The normalized spacial score (nSPS) is 10.9. The van der Waals surface area contributed by atoms with Crippen molar-refractivity contribution in [1.29, 1.82) is 0 Å². The minimum absolute atomic E-state index is 0.0527. The van der Waals surface area contributed by atoms with Gasteiger partial charge >= 0.3 is 5.69 Å². The molecule has 0 bridgehead atoms. The summed E-state index contributed by atoms with van der Waals surface area (Å²) in [6.07, 6.45) is 4.58. The Kier molecular flexibility index (Phi) is 5.28. The van der Waals surface area contributed by atoms with Crippen molar-refractivity contribution in [3.05, 3.63) is 64.8 Å². The number of rotatable bonds is 7. The summed E-state index contributed by atoms with van der Waals surface area (Å²) < 4.78 is 3.47. The van der Waals surface area contributed by atoms with Gasteiger partial charge in [0.15, 0.2) is 0 Å². The van der Waals surface area contributed by atoms with E-state index in [4.69, 9.17) is 0 Å². The number of hydrogen-bond acceptors (Lipinski definition) is 3. The average molecular weight is 338 g/mol. The van der Waals surface area contributed by atoms with Crippen LogP contribution in [-0.4, -0.2) is 20.0 Å². The number of benzene rings is 1. The van der Waals surface area contributed by atoms with Crippen LogP contribution in [0.5, 0.6) is 0 Å². The molecular weight excluding hydrogens is 316 g/mol. The van der Waals surface area contributed by atoms with Gasteiger partial charge in [-0.25, -0.2) is 4.79 Å². The van der Waals surface area contributed by atoms with Crippen molar-refractivity contribution >= 4 is 16.9 Å². The van der Waals surface area contributed by atoms with Crippen molar-refractivity contribution in [3.63, 3.8) is 0 Å². The van der Waals surface area contributed by atoms with Crippen molar-refractivity contribution in [2.75, 3.05) is 0 Å². The molecule has 0 saturated carbocycles. The lowest BCUT2D eigenvalue weighted by molar-refractivity contribution is -0.121. The number of fused-ring (bicyclic) bond motifs is 1. The highest BCUT2D eigenvalue weighted by Gasteiger charge is 2.13. The summed E-state index contributed by atoms with van der Waals surface area (Å²) in [5, 5.41) is 2.87. The molecule has 0 saturated heterocycles. The topological polar surface area (TPSA) is 68.9 Å². The Bertz CT molecular complexity index is 912. The molecule has 0 spiro atoms. The first-order valence-electron chi connectivity index (χ1n) is 8.54. The Balaban J connectivity index is 1.69. The first-order valence-corrected chi connectivity index (χ1v) is 8.54. The molecule has 6 heteroatoms. The van der Waals surface area contributed by atoms with Gasteiger partial charge in [0.05, 0.1) is 11.0 Å². The van der Waals surface area contributed by atoms with Crippen LogP contribution in [0.2, 0.25) is 0 Å². The largest absolute Gasteiger partial charge is 0.352 e. The van der Waals surface area contributed by atoms with Crippen LogP contribution >= 0.6 is 0 Å². The zero-order valence-electron chi connectivity index (χ0n) is 14.3. The van der Waals surface area contributed by atoms with E-state index in [0.717, 1.165) is 23.0 Å². The minimum atomic E-state index is -0.0805. The van der Waals surface area contributed by atoms with E-state index < -0.39 is 0 Å². The highest BCUT2D eigenvalue weighted by Crippen LogP contribution is 2.13. The lowest BCUT2D eigenvalue weighted by atomic mass is 10.2. The summed E-state index contributed by atoms with van der Waals surface area (Å²) >= 11 is 0. The van der Waals surface area contributed by atoms with E-state index in [-0.39, 0.29) is 18.0 Å².